The first-order valence-corrected chi connectivity index (χ1v) is 4.56. The smallest absolute Gasteiger partial charge is 0.306 e. The fraction of sp³-hybridized carbons (Fsp3) is 0.300. The summed E-state index contributed by atoms with van der Waals surface area (Å²) < 4.78 is 0. The summed E-state index contributed by atoms with van der Waals surface area (Å²) in [6.07, 6.45) is -1.91. The Morgan fingerprint density at radius 2 is 2.19 bits per heavy atom. The van der Waals surface area contributed by atoms with Crippen molar-refractivity contribution in [2.24, 2.45) is 0 Å². The summed E-state index contributed by atoms with van der Waals surface area (Å²) in [6, 6.07) is 4.22. The molecule has 86 valence electrons. The van der Waals surface area contributed by atoms with Crippen molar-refractivity contribution >= 4 is 11.7 Å². The number of hydrogen-bond donors (Lipinski definition) is 2. The van der Waals surface area contributed by atoms with E-state index in [0.29, 0.717) is 0 Å². The van der Waals surface area contributed by atoms with E-state index < -0.39 is 23.4 Å². The minimum Gasteiger partial charge on any atom is -0.481 e. The number of aliphatic hydroxyl groups is 1. The van der Waals surface area contributed by atoms with Crippen molar-refractivity contribution in [3.05, 3.63) is 39.4 Å². The molecule has 0 amide bonds. The zero-order chi connectivity index (χ0) is 12.3. The molecule has 0 bridgehead atoms. The van der Waals surface area contributed by atoms with Crippen LogP contribution in [0.5, 0.6) is 0 Å². The van der Waals surface area contributed by atoms with Gasteiger partial charge in [0.15, 0.2) is 0 Å². The zero-order valence-electron chi connectivity index (χ0n) is 8.58. The van der Waals surface area contributed by atoms with Crippen LogP contribution >= 0.6 is 0 Å². The third kappa shape index (κ3) is 2.77. The summed E-state index contributed by atoms with van der Waals surface area (Å²) >= 11 is 0. The van der Waals surface area contributed by atoms with Crippen LogP contribution in [0.4, 0.5) is 5.69 Å². The Bertz CT molecular complexity index is 429. The third-order valence-corrected chi connectivity index (χ3v) is 2.11. The molecule has 0 aliphatic heterocycles. The molecule has 6 heteroatoms. The van der Waals surface area contributed by atoms with Gasteiger partial charge in [-0.25, -0.2) is 0 Å². The van der Waals surface area contributed by atoms with Crippen molar-refractivity contribution in [2.45, 2.75) is 19.4 Å². The van der Waals surface area contributed by atoms with Gasteiger partial charge in [0.1, 0.15) is 0 Å². The number of aliphatic carboxylic acids is 1. The first-order chi connectivity index (χ1) is 7.41. The van der Waals surface area contributed by atoms with Gasteiger partial charge in [0.2, 0.25) is 0 Å². The van der Waals surface area contributed by atoms with Crippen LogP contribution in [0.3, 0.4) is 0 Å². The quantitative estimate of drug-likeness (QED) is 0.596. The molecular weight excluding hydrogens is 214 g/mol. The highest BCUT2D eigenvalue weighted by atomic mass is 16.6. The van der Waals surface area contributed by atoms with Gasteiger partial charge in [-0.1, -0.05) is 11.6 Å². The number of carboxylic acids is 1. The average molecular weight is 225 g/mol. The van der Waals surface area contributed by atoms with E-state index in [2.05, 4.69) is 0 Å². The van der Waals surface area contributed by atoms with Crippen molar-refractivity contribution in [1.29, 1.82) is 0 Å². The van der Waals surface area contributed by atoms with E-state index in [1.54, 1.807) is 6.92 Å². The molecule has 1 rings (SSSR count). The second-order valence-electron chi connectivity index (χ2n) is 3.43. The molecule has 0 heterocycles. The number of nitrogens with zero attached hydrogens (tertiary/aromatic N) is 1. The van der Waals surface area contributed by atoms with Crippen LogP contribution < -0.4 is 0 Å². The summed E-state index contributed by atoms with van der Waals surface area (Å²) in [6.45, 7) is 1.71. The van der Waals surface area contributed by atoms with E-state index in [-0.39, 0.29) is 11.3 Å². The first-order valence-electron chi connectivity index (χ1n) is 4.56. The maximum atomic E-state index is 10.7. The summed E-state index contributed by atoms with van der Waals surface area (Å²) in [7, 11) is 0. The lowest BCUT2D eigenvalue weighted by molar-refractivity contribution is -0.386. The fourth-order valence-electron chi connectivity index (χ4n) is 1.38. The van der Waals surface area contributed by atoms with Gasteiger partial charge < -0.3 is 10.2 Å². The van der Waals surface area contributed by atoms with Crippen LogP contribution in [0.1, 0.15) is 23.7 Å². The molecule has 0 aromatic heterocycles. The van der Waals surface area contributed by atoms with Gasteiger partial charge in [0.05, 0.1) is 23.0 Å². The van der Waals surface area contributed by atoms with Gasteiger partial charge in [-0.15, -0.1) is 0 Å². The van der Waals surface area contributed by atoms with Crippen molar-refractivity contribution in [3.63, 3.8) is 0 Å². The maximum absolute atomic E-state index is 10.7. The molecule has 0 fully saturated rings. The lowest BCUT2D eigenvalue weighted by atomic mass is 10.0. The van der Waals surface area contributed by atoms with E-state index in [9.17, 15) is 20.0 Å². The predicted octanol–water partition coefficient (Wildman–Crippen LogP) is 1.41. The Hall–Kier alpha value is -1.95. The second kappa shape index (κ2) is 4.71. The molecule has 16 heavy (non-hydrogen) atoms. The lowest BCUT2D eigenvalue weighted by Crippen LogP contribution is -2.08. The van der Waals surface area contributed by atoms with Gasteiger partial charge >= 0.3 is 5.97 Å². The summed E-state index contributed by atoms with van der Waals surface area (Å²) in [5.74, 6) is -1.21. The normalized spacial score (nSPS) is 12.1. The highest BCUT2D eigenvalue weighted by Crippen LogP contribution is 2.27. The minimum atomic E-state index is -1.36. The molecule has 1 atom stereocenters. The second-order valence-corrected chi connectivity index (χ2v) is 3.43. The lowest BCUT2D eigenvalue weighted by Gasteiger charge is -2.09. The summed E-state index contributed by atoms with van der Waals surface area (Å²) in [5.41, 5.74) is 0.497. The van der Waals surface area contributed by atoms with Crippen molar-refractivity contribution in [1.82, 2.24) is 0 Å². The molecule has 1 aromatic rings. The van der Waals surface area contributed by atoms with Crippen LogP contribution in [0.15, 0.2) is 18.2 Å². The van der Waals surface area contributed by atoms with Crippen LogP contribution in [0, 0.1) is 17.0 Å². The number of nitro groups is 1. The van der Waals surface area contributed by atoms with Crippen molar-refractivity contribution < 1.29 is 19.9 Å². The molecule has 2 N–H and O–H groups in total. The van der Waals surface area contributed by atoms with Crippen LogP contribution in [0.2, 0.25) is 0 Å². The van der Waals surface area contributed by atoms with Gasteiger partial charge in [0, 0.05) is 6.07 Å². The van der Waals surface area contributed by atoms with Gasteiger partial charge in [-0.05, 0) is 13.0 Å². The highest BCUT2D eigenvalue weighted by Gasteiger charge is 2.22. The molecule has 0 saturated carbocycles. The maximum Gasteiger partial charge on any atom is 0.306 e. The number of carboxylic acid groups (broad SMARTS) is 1. The standard InChI is InChI=1S/C10H11NO5/c1-6-2-3-8(11(15)16)7(4-6)9(12)5-10(13)14/h2-4,9,12H,5H2,1H3,(H,13,14)/t9-/m0/s1. The molecule has 0 saturated heterocycles. The Kier molecular flexibility index (Phi) is 3.57. The Balaban J connectivity index is 3.13. The van der Waals surface area contributed by atoms with Gasteiger partial charge in [-0.2, -0.15) is 0 Å². The molecular formula is C10H11NO5. The number of benzene rings is 1. The predicted molar refractivity (Wildman–Crippen MR) is 55.0 cm³/mol. The van der Waals surface area contributed by atoms with E-state index >= 15 is 0 Å². The van der Waals surface area contributed by atoms with Crippen molar-refractivity contribution in [2.75, 3.05) is 0 Å². The van der Waals surface area contributed by atoms with E-state index in [4.69, 9.17) is 5.11 Å². The molecule has 1 aromatic carbocycles. The Morgan fingerprint density at radius 1 is 1.56 bits per heavy atom. The minimum absolute atomic E-state index is 0.0346. The van der Waals surface area contributed by atoms with Gasteiger partial charge in [-0.3, -0.25) is 14.9 Å². The van der Waals surface area contributed by atoms with Crippen LogP contribution in [-0.4, -0.2) is 21.1 Å². The topological polar surface area (TPSA) is 101 Å². The number of carbonyl (C=O) groups is 1. The van der Waals surface area contributed by atoms with E-state index in [0.717, 1.165) is 5.56 Å². The monoisotopic (exact) mass is 225 g/mol. The molecule has 0 radical (unpaired) electrons. The SMILES string of the molecule is Cc1ccc([N+](=O)[O-])c([C@@H](O)CC(=O)O)c1. The molecule has 0 spiro atoms. The van der Waals surface area contributed by atoms with E-state index in [1.807, 2.05) is 0 Å². The fourth-order valence-corrected chi connectivity index (χ4v) is 1.38. The largest absolute Gasteiger partial charge is 0.481 e. The highest BCUT2D eigenvalue weighted by molar-refractivity contribution is 5.68. The number of nitro benzene ring substituents is 1. The van der Waals surface area contributed by atoms with Gasteiger partial charge in [0.25, 0.3) is 5.69 Å². The summed E-state index contributed by atoms with van der Waals surface area (Å²) in [4.78, 5) is 20.5. The first kappa shape index (κ1) is 12.1. The average Bonchev–Trinajstić information content (AvgIpc) is 2.15. The Morgan fingerprint density at radius 3 is 2.69 bits per heavy atom. The Labute approximate surface area is 91.3 Å². The zero-order valence-corrected chi connectivity index (χ0v) is 8.58. The molecule has 0 aliphatic rings. The van der Waals surface area contributed by atoms with Crippen LogP contribution in [-0.2, 0) is 4.79 Å². The van der Waals surface area contributed by atoms with Crippen molar-refractivity contribution in [3.8, 4) is 0 Å². The third-order valence-electron chi connectivity index (χ3n) is 2.11. The molecule has 6 nitrogen and oxygen atoms in total. The van der Waals surface area contributed by atoms with E-state index in [1.165, 1.54) is 18.2 Å². The number of rotatable bonds is 4. The van der Waals surface area contributed by atoms with Crippen LogP contribution in [0.25, 0.3) is 0 Å². The number of hydrogen-bond acceptors (Lipinski definition) is 4. The number of aliphatic hydroxyl groups excluding tert-OH is 1. The molecule has 0 aliphatic carbocycles. The number of aryl methyl sites for hydroxylation is 1. The molecule has 0 unspecified atom stereocenters. The summed E-state index contributed by atoms with van der Waals surface area (Å²) in [5, 5.41) is 28.7.